The molecule has 1 atom stereocenters. The molecule has 8 aromatic carbocycles. The number of nitrogens with zero attached hydrogens (tertiary/aromatic N) is 5. The van der Waals surface area contributed by atoms with Gasteiger partial charge in [-0.05, 0) is 296 Å². The first-order valence-corrected chi connectivity index (χ1v) is 42.7. The molecule has 5 heterocycles. The van der Waals surface area contributed by atoms with E-state index in [2.05, 4.69) is 192 Å². The Balaban J connectivity index is 0.000000132. The van der Waals surface area contributed by atoms with Gasteiger partial charge in [0.15, 0.2) is 24.2 Å². The van der Waals surface area contributed by atoms with E-state index in [1.54, 1.807) is 0 Å². The topological polar surface area (TPSA) is 28.4 Å². The molecule has 5 aromatic heterocycles. The van der Waals surface area contributed by atoms with E-state index in [0.717, 1.165) is 72.5 Å². The van der Waals surface area contributed by atoms with Crippen LogP contribution in [0.1, 0.15) is 286 Å². The second kappa shape index (κ2) is 35.5. The Morgan fingerprint density at radius 2 is 0.735 bits per heavy atom. The summed E-state index contributed by atoms with van der Waals surface area (Å²) < 4.78 is 75.0. The summed E-state index contributed by atoms with van der Waals surface area (Å²) in [6.45, 7) is 22.1. The molecular formula is C108H129N5+4. The van der Waals surface area contributed by atoms with Crippen LogP contribution in [0.5, 0.6) is 0 Å². The average molecular weight is 1510 g/mol. The minimum atomic E-state index is -2.44. The second-order valence-electron chi connectivity index (χ2n) is 34.5. The summed E-state index contributed by atoms with van der Waals surface area (Å²) in [5.41, 5.74) is 29.5. The van der Waals surface area contributed by atoms with Crippen molar-refractivity contribution in [2.24, 2.45) is 28.2 Å². The Bertz CT molecular complexity index is 6030. The lowest BCUT2D eigenvalue weighted by atomic mass is 9.83. The van der Waals surface area contributed by atoms with Crippen molar-refractivity contribution in [2.45, 2.75) is 254 Å². The van der Waals surface area contributed by atoms with Gasteiger partial charge in [0.05, 0.1) is 43.8 Å². The third kappa shape index (κ3) is 17.6. The van der Waals surface area contributed by atoms with E-state index in [1.807, 2.05) is 111 Å². The van der Waals surface area contributed by atoms with Crippen molar-refractivity contribution in [2.75, 3.05) is 0 Å². The van der Waals surface area contributed by atoms with Crippen LogP contribution in [-0.2, 0) is 28.2 Å². The minimum Gasteiger partial charge on any atom is -0.264 e. The molecule has 5 heteroatoms. The molecule has 4 fully saturated rings. The average Bonchev–Trinajstić information content (AvgIpc) is 0.757. The Morgan fingerprint density at radius 3 is 1.12 bits per heavy atom. The zero-order chi connectivity index (χ0) is 86.3. The first kappa shape index (κ1) is 70.2. The largest absolute Gasteiger partial charge is 0.264 e. The molecule has 0 spiro atoms. The highest BCUT2D eigenvalue weighted by Crippen LogP contribution is 2.43. The minimum absolute atomic E-state index is 0.408. The molecule has 0 N–H and O–H groups in total. The number of benzene rings is 8. The molecule has 4 saturated carbocycles. The number of hydrogen-bond acceptors (Lipinski definition) is 1. The van der Waals surface area contributed by atoms with Crippen LogP contribution in [0.15, 0.2) is 195 Å². The highest BCUT2D eigenvalue weighted by atomic mass is 14.9. The summed E-state index contributed by atoms with van der Waals surface area (Å²) >= 11 is 0. The van der Waals surface area contributed by atoms with Crippen molar-refractivity contribution < 1.29 is 29.2 Å². The maximum Gasteiger partial charge on any atom is 0.220 e. The lowest BCUT2D eigenvalue weighted by Crippen LogP contribution is -2.35. The monoisotopic (exact) mass is 1500 g/mol. The van der Waals surface area contributed by atoms with Gasteiger partial charge in [-0.3, -0.25) is 4.98 Å². The predicted molar refractivity (Wildman–Crippen MR) is 480 cm³/mol. The summed E-state index contributed by atoms with van der Waals surface area (Å²) in [6.07, 6.45) is 31.7. The van der Waals surface area contributed by atoms with Gasteiger partial charge in [-0.2, -0.15) is 4.57 Å². The first-order chi connectivity index (χ1) is 57.6. The van der Waals surface area contributed by atoms with Crippen LogP contribution in [0.4, 0.5) is 0 Å². The Hall–Kier alpha value is -9.45. The third-order valence-electron chi connectivity index (χ3n) is 26.5. The van der Waals surface area contributed by atoms with E-state index in [-0.39, 0.29) is 0 Å². The normalized spacial score (nSPS) is 17.1. The molecule has 582 valence electrons. The maximum atomic E-state index is 8.64. The number of pyridine rings is 5. The fourth-order valence-electron chi connectivity index (χ4n) is 19.2. The number of rotatable bonds is 11. The molecule has 13 aromatic rings. The van der Waals surface area contributed by atoms with Crippen molar-refractivity contribution >= 4 is 43.1 Å². The highest BCUT2D eigenvalue weighted by molar-refractivity contribution is 5.98. The van der Waals surface area contributed by atoms with Crippen molar-refractivity contribution in [3.63, 3.8) is 0 Å². The third-order valence-corrected chi connectivity index (χ3v) is 26.5. The van der Waals surface area contributed by atoms with E-state index in [1.165, 1.54) is 246 Å². The van der Waals surface area contributed by atoms with Crippen LogP contribution in [0, 0.1) is 62.3 Å². The molecule has 0 aliphatic heterocycles. The molecule has 0 amide bonds. The number of hydrogen-bond donors (Lipinski definition) is 0. The van der Waals surface area contributed by atoms with Crippen LogP contribution in [0.25, 0.3) is 99.2 Å². The van der Waals surface area contributed by atoms with Gasteiger partial charge in [0, 0.05) is 56.0 Å². The van der Waals surface area contributed by atoms with E-state index in [4.69, 9.17) is 11.0 Å². The molecule has 5 nitrogen and oxygen atoms in total. The molecule has 4 aliphatic rings. The van der Waals surface area contributed by atoms with Gasteiger partial charge < -0.3 is 0 Å². The van der Waals surface area contributed by atoms with Gasteiger partial charge in [0.1, 0.15) is 32.3 Å². The molecule has 0 radical (unpaired) electrons. The SMILES string of the molecule is Cc1ccc(-c2cccnc2)cc1-c1c2ccc(C3CCCCC3)cc2cc(C)[n+]1C.[2H]c1cc2cc(C3CCCCC3)ccc2c(-c2cc(C([2H])(C)C([2H])([2H])[2H])cc(C)c2C)[n+]1C.[2H]c1cc2cc(C3CCCCC3)ccc2c(-c2cc(C([2H])(C)C)cc(C)c2C)[n+]1C.[2H]c1cc2cc(C3CCCCC3)ccc2c(-c2cc(C)cc(C)c2C)[n+]1C. The van der Waals surface area contributed by atoms with Crippen LogP contribution < -0.4 is 18.3 Å². The van der Waals surface area contributed by atoms with Gasteiger partial charge in [-0.15, -0.1) is 0 Å². The fraction of sp³-hybridized carbons (Fsp3) is 0.398. The zero-order valence-electron chi connectivity index (χ0n) is 78.9. The van der Waals surface area contributed by atoms with Crippen LogP contribution in [-0.4, -0.2) is 4.98 Å². The number of fused-ring (bicyclic) bond motifs is 4. The smallest absolute Gasteiger partial charge is 0.220 e. The van der Waals surface area contributed by atoms with Gasteiger partial charge in [0.2, 0.25) is 22.8 Å². The highest BCUT2D eigenvalue weighted by Gasteiger charge is 2.28. The molecule has 1 unspecified atom stereocenters. The summed E-state index contributed by atoms with van der Waals surface area (Å²) in [7, 11) is 8.08. The van der Waals surface area contributed by atoms with Crippen LogP contribution in [0.3, 0.4) is 0 Å². The van der Waals surface area contributed by atoms with Crippen molar-refractivity contribution in [1.29, 1.82) is 0 Å². The lowest BCUT2D eigenvalue weighted by molar-refractivity contribution is -0.665. The Morgan fingerprint density at radius 1 is 0.354 bits per heavy atom. The van der Waals surface area contributed by atoms with Crippen molar-refractivity contribution in [3.05, 3.63) is 278 Å². The number of aryl methyl sites for hydroxylation is 6. The zero-order valence-corrected chi connectivity index (χ0v) is 70.9. The standard InChI is InChI=1S/C29H31N2.2C27H34N.C25H30N/c1-20-11-12-24(25-10-7-15-30-19-25)18-28(20)29-27-14-13-23(22-8-5-4-6-9-22)17-26(27)16-21(2)31(29)3;2*1-18(2)24-15-19(3)20(4)26(17-24)27-25-12-11-22(21-9-7-6-8-10-21)16-23(25)13-14-28(27)5;1-17-14-18(2)19(3)24(15-17)25-23-11-10-21(20-8-6-5-7-9-20)16-22(23)12-13-26(25)4/h7,10-19,22H,4-6,8-9H2,1-3H3;2*11-18,21H,6-10H2,1-5H3;10-16,20H,5-9H2,1-4H3/q4*+1/i;1D3,14D,18D;14D,18D;13D. The van der Waals surface area contributed by atoms with Gasteiger partial charge in [-0.1, -0.05) is 195 Å². The maximum absolute atomic E-state index is 8.64. The number of aromatic nitrogens is 5. The van der Waals surface area contributed by atoms with Gasteiger partial charge in [-0.25, -0.2) is 13.7 Å². The van der Waals surface area contributed by atoms with E-state index in [0.29, 0.717) is 41.8 Å². The lowest BCUT2D eigenvalue weighted by Gasteiger charge is -2.22. The molecule has 0 bridgehead atoms. The molecule has 0 saturated heterocycles. The molecule has 113 heavy (non-hydrogen) atoms. The van der Waals surface area contributed by atoms with Crippen molar-refractivity contribution in [1.82, 2.24) is 4.98 Å². The summed E-state index contributed by atoms with van der Waals surface area (Å²) in [5, 5.41) is 9.59. The van der Waals surface area contributed by atoms with Crippen molar-refractivity contribution in [3.8, 4) is 56.2 Å². The van der Waals surface area contributed by atoms with Gasteiger partial charge >= 0.3 is 0 Å². The summed E-state index contributed by atoms with van der Waals surface area (Å²) in [6, 6.07) is 59.5. The summed E-state index contributed by atoms with van der Waals surface area (Å²) in [5.74, 6) is 0.288. The van der Waals surface area contributed by atoms with Gasteiger partial charge in [0.25, 0.3) is 0 Å². The predicted octanol–water partition coefficient (Wildman–Crippen LogP) is 27.6. The quantitative estimate of drug-likeness (QED) is 0.119. The Kier molecular flexibility index (Phi) is 22.1. The molecular weight excluding hydrogens is 1370 g/mol. The first-order valence-electron chi connectivity index (χ1n) is 46.7. The fourth-order valence-corrected chi connectivity index (χ4v) is 19.2. The second-order valence-corrected chi connectivity index (χ2v) is 34.5. The molecule has 17 rings (SSSR count). The van der Waals surface area contributed by atoms with E-state index in [9.17, 15) is 0 Å². The Labute approximate surface area is 689 Å². The molecule has 4 aliphatic carbocycles. The van der Waals surface area contributed by atoms with Crippen LogP contribution in [0.2, 0.25) is 0 Å². The van der Waals surface area contributed by atoms with E-state index >= 15 is 0 Å². The van der Waals surface area contributed by atoms with E-state index < -0.39 is 18.6 Å². The van der Waals surface area contributed by atoms with Crippen LogP contribution >= 0.6 is 0 Å². The summed E-state index contributed by atoms with van der Waals surface area (Å²) in [4.78, 5) is 4.32.